The van der Waals surface area contributed by atoms with E-state index in [0.717, 1.165) is 34.3 Å². The van der Waals surface area contributed by atoms with Gasteiger partial charge in [-0.15, -0.1) is 0 Å². The lowest BCUT2D eigenvalue weighted by atomic mass is 9.84. The normalized spacial score (nSPS) is 18.1. The third-order valence-electron chi connectivity index (χ3n) is 6.81. The third-order valence-corrected chi connectivity index (χ3v) is 8.68. The molecule has 1 saturated carbocycles. The van der Waals surface area contributed by atoms with E-state index in [9.17, 15) is 17.9 Å². The molecule has 0 aliphatic heterocycles. The molecule has 5 rings (SSSR count). The van der Waals surface area contributed by atoms with Crippen LogP contribution in [0.2, 0.25) is 5.02 Å². The van der Waals surface area contributed by atoms with Crippen LogP contribution in [0.4, 0.5) is 10.2 Å². The smallest absolute Gasteiger partial charge is 0.269 e. The molecule has 3 aromatic heterocycles. The van der Waals surface area contributed by atoms with Gasteiger partial charge in [0.15, 0.2) is 23.1 Å². The maximum Gasteiger partial charge on any atom is 0.269 e. The lowest BCUT2D eigenvalue weighted by molar-refractivity contribution is 0.0725. The van der Waals surface area contributed by atoms with Gasteiger partial charge in [-0.3, -0.25) is 0 Å². The number of halogens is 2. The van der Waals surface area contributed by atoms with Gasteiger partial charge in [0.1, 0.15) is 0 Å². The van der Waals surface area contributed by atoms with Crippen LogP contribution >= 0.6 is 11.6 Å². The molecule has 0 radical (unpaired) electrons. The van der Waals surface area contributed by atoms with E-state index in [1.165, 1.54) is 24.5 Å². The molecule has 1 aromatic carbocycles. The Balaban J connectivity index is 1.56. The van der Waals surface area contributed by atoms with Crippen LogP contribution in [0.15, 0.2) is 58.8 Å². The van der Waals surface area contributed by atoms with Gasteiger partial charge >= 0.3 is 0 Å². The summed E-state index contributed by atoms with van der Waals surface area (Å²) in [6.07, 6.45) is 6.30. The minimum absolute atomic E-state index is 0.0748. The Morgan fingerprint density at radius 3 is 2.74 bits per heavy atom. The van der Waals surface area contributed by atoms with Crippen molar-refractivity contribution in [2.45, 2.75) is 50.0 Å². The van der Waals surface area contributed by atoms with Crippen molar-refractivity contribution in [2.24, 2.45) is 10.9 Å². The van der Waals surface area contributed by atoms with Gasteiger partial charge in [0, 0.05) is 29.1 Å². The summed E-state index contributed by atoms with van der Waals surface area (Å²) in [5.74, 6) is -0.667. The van der Waals surface area contributed by atoms with E-state index in [2.05, 4.69) is 19.9 Å². The number of aryl methyl sites for hydroxylation is 1. The number of aliphatic imine (C=N–C) groups is 1. The highest BCUT2D eigenvalue weighted by Gasteiger charge is 2.25. The van der Waals surface area contributed by atoms with E-state index in [4.69, 9.17) is 16.7 Å². The van der Waals surface area contributed by atoms with E-state index in [-0.39, 0.29) is 39.7 Å². The zero-order valence-electron chi connectivity index (χ0n) is 21.1. The topological polar surface area (TPSA) is 131 Å². The van der Waals surface area contributed by atoms with Crippen molar-refractivity contribution in [3.05, 3.63) is 65.3 Å². The number of aromatic nitrogens is 4. The molecule has 3 heterocycles. The number of aliphatic hydroxyl groups excluding tert-OH is 2. The molecule has 12 heteroatoms. The number of benzene rings is 1. The first-order valence-corrected chi connectivity index (χ1v) is 14.3. The molecular weight excluding hydrogens is 545 g/mol. The van der Waals surface area contributed by atoms with Crippen LogP contribution in [0.1, 0.15) is 37.7 Å². The number of fused-ring (bicyclic) bond motifs is 1. The number of rotatable bonds is 7. The Kier molecular flexibility index (Phi) is 7.77. The SMILES string of the molecule is Cc1ccc(S(=O)(=O)n2cc(-c3ncc(F)c(N=C4CCCC(CC(O)CO)C4)n3)c3cc(Cl)cnc32)cc1. The Labute approximate surface area is 230 Å². The lowest BCUT2D eigenvalue weighted by Gasteiger charge is -2.24. The van der Waals surface area contributed by atoms with E-state index < -0.39 is 21.9 Å². The largest absolute Gasteiger partial charge is 0.394 e. The first-order chi connectivity index (χ1) is 18.7. The zero-order chi connectivity index (χ0) is 27.7. The standard InChI is InChI=1S/C27H27ClFN5O4S/c1-16-5-7-21(8-6-16)39(37,38)34-14-23(22-11-18(28)12-31-27(22)34)25-30-13-24(29)26(33-25)32-19-4-2-3-17(9-19)10-20(36)15-35/h5-8,11-14,17,20,35-36H,2-4,9-10,15H2,1H3. The first-order valence-electron chi connectivity index (χ1n) is 12.5. The predicted molar refractivity (Wildman–Crippen MR) is 146 cm³/mol. The van der Waals surface area contributed by atoms with Gasteiger partial charge < -0.3 is 10.2 Å². The number of hydrogen-bond acceptors (Lipinski definition) is 8. The fraction of sp³-hybridized carbons (Fsp3) is 0.333. The van der Waals surface area contributed by atoms with Crippen LogP contribution in [-0.2, 0) is 10.0 Å². The van der Waals surface area contributed by atoms with Crippen LogP contribution in [0.25, 0.3) is 22.4 Å². The summed E-state index contributed by atoms with van der Waals surface area (Å²) in [7, 11) is -4.03. The van der Waals surface area contributed by atoms with E-state index >= 15 is 0 Å². The van der Waals surface area contributed by atoms with Crippen molar-refractivity contribution in [3.8, 4) is 11.4 Å². The van der Waals surface area contributed by atoms with Gasteiger partial charge in [-0.1, -0.05) is 29.3 Å². The Bertz CT molecular complexity index is 1660. The summed E-state index contributed by atoms with van der Waals surface area (Å²) < 4.78 is 42.9. The monoisotopic (exact) mass is 571 g/mol. The fourth-order valence-electron chi connectivity index (χ4n) is 4.85. The van der Waals surface area contributed by atoms with Gasteiger partial charge in [0.25, 0.3) is 10.0 Å². The Morgan fingerprint density at radius 2 is 2.00 bits per heavy atom. The van der Waals surface area contributed by atoms with Crippen LogP contribution in [-0.4, -0.2) is 56.0 Å². The molecule has 0 saturated heterocycles. The van der Waals surface area contributed by atoms with E-state index in [1.54, 1.807) is 18.2 Å². The summed E-state index contributed by atoms with van der Waals surface area (Å²) >= 11 is 6.20. The Hall–Kier alpha value is -3.25. The van der Waals surface area contributed by atoms with Crippen molar-refractivity contribution >= 4 is 44.2 Å². The Morgan fingerprint density at radius 1 is 1.23 bits per heavy atom. The molecule has 204 valence electrons. The minimum atomic E-state index is -4.03. The maximum atomic E-state index is 14.8. The molecule has 1 aliphatic carbocycles. The van der Waals surface area contributed by atoms with Gasteiger partial charge in [0.2, 0.25) is 0 Å². The average molecular weight is 572 g/mol. The average Bonchev–Trinajstić information content (AvgIpc) is 3.30. The minimum Gasteiger partial charge on any atom is -0.394 e. The summed E-state index contributed by atoms with van der Waals surface area (Å²) in [6.45, 7) is 1.56. The quantitative estimate of drug-likeness (QED) is 0.324. The number of hydrogen-bond donors (Lipinski definition) is 2. The molecule has 1 fully saturated rings. The molecule has 0 amide bonds. The molecule has 0 spiro atoms. The van der Waals surface area contributed by atoms with Crippen molar-refractivity contribution in [2.75, 3.05) is 6.61 Å². The van der Waals surface area contributed by atoms with Crippen molar-refractivity contribution in [3.63, 3.8) is 0 Å². The molecule has 0 bridgehead atoms. The molecule has 4 aromatic rings. The second-order valence-corrected chi connectivity index (χ2v) is 12.0. The second kappa shape index (κ2) is 11.1. The van der Waals surface area contributed by atoms with E-state index in [1.807, 2.05) is 6.92 Å². The highest BCUT2D eigenvalue weighted by Crippen LogP contribution is 2.34. The van der Waals surface area contributed by atoms with Crippen LogP contribution in [0.5, 0.6) is 0 Å². The fourth-order valence-corrected chi connectivity index (χ4v) is 6.33. The third kappa shape index (κ3) is 5.72. The lowest BCUT2D eigenvalue weighted by Crippen LogP contribution is -2.22. The zero-order valence-corrected chi connectivity index (χ0v) is 22.7. The van der Waals surface area contributed by atoms with Crippen LogP contribution in [0.3, 0.4) is 0 Å². The van der Waals surface area contributed by atoms with Crippen molar-refractivity contribution < 1.29 is 23.0 Å². The summed E-state index contributed by atoms with van der Waals surface area (Å²) in [5, 5.41) is 19.7. The van der Waals surface area contributed by atoms with Crippen LogP contribution < -0.4 is 0 Å². The van der Waals surface area contributed by atoms with Gasteiger partial charge in [-0.25, -0.2) is 36.7 Å². The maximum absolute atomic E-state index is 14.8. The summed E-state index contributed by atoms with van der Waals surface area (Å²) in [6, 6.07) is 8.02. The van der Waals surface area contributed by atoms with Crippen molar-refractivity contribution in [1.29, 1.82) is 0 Å². The summed E-state index contributed by atoms with van der Waals surface area (Å²) in [5.41, 5.74) is 2.10. The molecule has 2 unspecified atom stereocenters. The summed E-state index contributed by atoms with van der Waals surface area (Å²) in [4.78, 5) is 17.3. The molecule has 2 atom stereocenters. The van der Waals surface area contributed by atoms with Gasteiger partial charge in [-0.05, 0) is 63.1 Å². The molecule has 1 aliphatic rings. The highest BCUT2D eigenvalue weighted by molar-refractivity contribution is 7.90. The molecular formula is C27H27ClFN5O4S. The van der Waals surface area contributed by atoms with Gasteiger partial charge in [0.05, 0.1) is 28.8 Å². The van der Waals surface area contributed by atoms with Gasteiger partial charge in [-0.2, -0.15) is 0 Å². The molecule has 39 heavy (non-hydrogen) atoms. The number of aliphatic hydroxyl groups is 2. The predicted octanol–water partition coefficient (Wildman–Crippen LogP) is 4.84. The molecule has 2 N–H and O–H groups in total. The highest BCUT2D eigenvalue weighted by atomic mass is 35.5. The number of nitrogens with zero attached hydrogens (tertiary/aromatic N) is 5. The van der Waals surface area contributed by atoms with E-state index in [0.29, 0.717) is 30.2 Å². The van der Waals surface area contributed by atoms with Crippen molar-refractivity contribution in [1.82, 2.24) is 18.9 Å². The molecule has 9 nitrogen and oxygen atoms in total. The second-order valence-electron chi connectivity index (χ2n) is 9.76. The first kappa shape index (κ1) is 27.3. The van der Waals surface area contributed by atoms with Crippen LogP contribution in [0, 0.1) is 18.7 Å². The number of pyridine rings is 1.